The lowest BCUT2D eigenvalue weighted by Crippen LogP contribution is -2.31. The van der Waals surface area contributed by atoms with Crippen molar-refractivity contribution in [1.29, 1.82) is 0 Å². The summed E-state index contributed by atoms with van der Waals surface area (Å²) in [4.78, 5) is 4.21. The normalized spacial score (nSPS) is 12.4. The van der Waals surface area contributed by atoms with Crippen LogP contribution in [0.1, 0.15) is 29.8 Å². The summed E-state index contributed by atoms with van der Waals surface area (Å²) < 4.78 is 7.23. The summed E-state index contributed by atoms with van der Waals surface area (Å²) in [5.41, 5.74) is 5.78. The molecule has 0 aliphatic rings. The molecule has 6 nitrogen and oxygen atoms in total. The lowest BCUT2D eigenvalue weighted by Gasteiger charge is -2.19. The summed E-state index contributed by atoms with van der Waals surface area (Å²) in [6.45, 7) is 4.77. The minimum absolute atomic E-state index is 0.204. The molecule has 0 aliphatic carbocycles. The Morgan fingerprint density at radius 1 is 1.42 bits per heavy atom. The van der Waals surface area contributed by atoms with Crippen LogP contribution in [0.5, 0.6) is 5.75 Å². The second-order valence-corrected chi connectivity index (χ2v) is 4.31. The molecular weight excluding hydrogens is 242 g/mol. The molecule has 2 rings (SSSR count). The van der Waals surface area contributed by atoms with Gasteiger partial charge < -0.3 is 4.74 Å². The first-order chi connectivity index (χ1) is 9.21. The Kier molecular flexibility index (Phi) is 4.13. The minimum atomic E-state index is -0.204. The number of hydrogen-bond donors (Lipinski definition) is 2. The number of methoxy groups -OCH3 is 1. The van der Waals surface area contributed by atoms with Gasteiger partial charge in [-0.2, -0.15) is 5.10 Å². The second-order valence-electron chi connectivity index (χ2n) is 4.31. The van der Waals surface area contributed by atoms with Gasteiger partial charge in [0.05, 0.1) is 19.3 Å². The van der Waals surface area contributed by atoms with Crippen molar-refractivity contribution in [2.75, 3.05) is 7.11 Å². The van der Waals surface area contributed by atoms with Gasteiger partial charge in [-0.25, -0.2) is 5.43 Å². The maximum Gasteiger partial charge on any atom is 0.161 e. The van der Waals surface area contributed by atoms with Crippen LogP contribution in [-0.2, 0) is 6.54 Å². The molecule has 2 aromatic heterocycles. The highest BCUT2D eigenvalue weighted by atomic mass is 16.5. The highest BCUT2D eigenvalue weighted by Crippen LogP contribution is 2.29. The van der Waals surface area contributed by atoms with Crippen molar-refractivity contribution in [2.24, 2.45) is 5.84 Å². The predicted octanol–water partition coefficient (Wildman–Crippen LogP) is 1.17. The van der Waals surface area contributed by atoms with Crippen molar-refractivity contribution in [2.45, 2.75) is 26.4 Å². The highest BCUT2D eigenvalue weighted by Gasteiger charge is 2.22. The van der Waals surface area contributed by atoms with E-state index in [9.17, 15) is 0 Å². The van der Waals surface area contributed by atoms with Crippen LogP contribution in [0, 0.1) is 6.92 Å². The van der Waals surface area contributed by atoms with E-state index in [1.54, 1.807) is 19.5 Å². The molecule has 0 radical (unpaired) electrons. The van der Waals surface area contributed by atoms with Gasteiger partial charge in [-0.05, 0) is 25.0 Å². The molecule has 19 heavy (non-hydrogen) atoms. The van der Waals surface area contributed by atoms with E-state index < -0.39 is 0 Å². The zero-order valence-electron chi connectivity index (χ0n) is 11.4. The van der Waals surface area contributed by atoms with Crippen LogP contribution < -0.4 is 16.0 Å². The number of hydrogen-bond acceptors (Lipinski definition) is 5. The molecule has 0 saturated carbocycles. The monoisotopic (exact) mass is 261 g/mol. The Bertz CT molecular complexity index is 530. The molecule has 0 amide bonds. The van der Waals surface area contributed by atoms with E-state index in [4.69, 9.17) is 10.6 Å². The fourth-order valence-electron chi connectivity index (χ4n) is 2.15. The summed E-state index contributed by atoms with van der Waals surface area (Å²) in [6.07, 6.45) is 5.31. The molecule has 0 fully saturated rings. The molecule has 0 aliphatic heterocycles. The molecule has 0 spiro atoms. The quantitative estimate of drug-likeness (QED) is 0.624. The topological polar surface area (TPSA) is 78.0 Å². The van der Waals surface area contributed by atoms with E-state index in [1.807, 2.05) is 30.8 Å². The molecule has 6 heteroatoms. The van der Waals surface area contributed by atoms with Crippen LogP contribution in [0.2, 0.25) is 0 Å². The molecule has 102 valence electrons. The molecule has 2 heterocycles. The summed E-state index contributed by atoms with van der Waals surface area (Å²) in [7, 11) is 1.63. The number of aryl methyl sites for hydroxylation is 2. The number of aromatic nitrogens is 3. The Balaban J connectivity index is 2.50. The Labute approximate surface area is 112 Å². The van der Waals surface area contributed by atoms with Crippen molar-refractivity contribution < 1.29 is 4.74 Å². The van der Waals surface area contributed by atoms with Gasteiger partial charge in [0.1, 0.15) is 5.69 Å². The lowest BCUT2D eigenvalue weighted by molar-refractivity contribution is 0.399. The lowest BCUT2D eigenvalue weighted by atomic mass is 10.0. The van der Waals surface area contributed by atoms with Gasteiger partial charge in [-0.15, -0.1) is 0 Å². The number of nitrogens with one attached hydrogen (secondary N) is 1. The standard InChI is InChI=1S/C13H19N5O/c1-4-18-13(11(19-3)8-16-18)12(17-14)10-5-9(2)6-15-7-10/h5-8,12,17H,4,14H2,1-3H3. The van der Waals surface area contributed by atoms with Crippen LogP contribution in [0.3, 0.4) is 0 Å². The smallest absolute Gasteiger partial charge is 0.161 e. The first-order valence-electron chi connectivity index (χ1n) is 6.18. The van der Waals surface area contributed by atoms with Crippen LogP contribution in [-0.4, -0.2) is 21.9 Å². The number of hydrazine groups is 1. The van der Waals surface area contributed by atoms with Crippen LogP contribution in [0.4, 0.5) is 0 Å². The number of nitrogens with zero attached hydrogens (tertiary/aromatic N) is 3. The molecule has 1 atom stereocenters. The molecule has 1 unspecified atom stereocenters. The van der Waals surface area contributed by atoms with Crippen molar-refractivity contribution >= 4 is 0 Å². The summed E-state index contributed by atoms with van der Waals surface area (Å²) in [5, 5.41) is 4.30. The molecule has 0 bridgehead atoms. The zero-order valence-corrected chi connectivity index (χ0v) is 11.4. The Morgan fingerprint density at radius 2 is 2.21 bits per heavy atom. The second kappa shape index (κ2) is 5.81. The van der Waals surface area contributed by atoms with Gasteiger partial charge in [-0.3, -0.25) is 15.5 Å². The average molecular weight is 261 g/mol. The SMILES string of the molecule is CCn1ncc(OC)c1C(NN)c1cncc(C)c1. The third kappa shape index (κ3) is 2.59. The molecule has 0 saturated heterocycles. The predicted molar refractivity (Wildman–Crippen MR) is 72.6 cm³/mol. The first kappa shape index (κ1) is 13.5. The third-order valence-electron chi connectivity index (χ3n) is 3.03. The van der Waals surface area contributed by atoms with Gasteiger partial charge in [-0.1, -0.05) is 6.07 Å². The molecule has 3 N–H and O–H groups in total. The number of rotatable bonds is 5. The number of pyridine rings is 1. The van der Waals surface area contributed by atoms with E-state index in [-0.39, 0.29) is 6.04 Å². The summed E-state index contributed by atoms with van der Waals surface area (Å²) in [6, 6.07) is 1.84. The van der Waals surface area contributed by atoms with E-state index in [2.05, 4.69) is 15.5 Å². The van der Waals surface area contributed by atoms with E-state index in [0.717, 1.165) is 23.4 Å². The number of nitrogens with two attached hydrogens (primary N) is 1. The first-order valence-corrected chi connectivity index (χ1v) is 6.18. The van der Waals surface area contributed by atoms with Gasteiger partial charge in [0, 0.05) is 18.9 Å². The molecule has 2 aromatic rings. The van der Waals surface area contributed by atoms with Crippen LogP contribution >= 0.6 is 0 Å². The van der Waals surface area contributed by atoms with E-state index in [0.29, 0.717) is 5.75 Å². The van der Waals surface area contributed by atoms with Gasteiger partial charge >= 0.3 is 0 Å². The van der Waals surface area contributed by atoms with Crippen molar-refractivity contribution in [3.63, 3.8) is 0 Å². The fourth-order valence-corrected chi connectivity index (χ4v) is 2.15. The zero-order chi connectivity index (χ0) is 13.8. The average Bonchev–Trinajstić information content (AvgIpc) is 2.83. The molecular formula is C13H19N5O. The van der Waals surface area contributed by atoms with Crippen LogP contribution in [0.15, 0.2) is 24.7 Å². The van der Waals surface area contributed by atoms with Crippen LogP contribution in [0.25, 0.3) is 0 Å². The van der Waals surface area contributed by atoms with E-state index >= 15 is 0 Å². The fraction of sp³-hybridized carbons (Fsp3) is 0.385. The van der Waals surface area contributed by atoms with E-state index in [1.165, 1.54) is 0 Å². The summed E-state index contributed by atoms with van der Waals surface area (Å²) >= 11 is 0. The highest BCUT2D eigenvalue weighted by molar-refractivity contribution is 5.36. The Morgan fingerprint density at radius 3 is 2.79 bits per heavy atom. The summed E-state index contributed by atoms with van der Waals surface area (Å²) in [5.74, 6) is 6.43. The van der Waals surface area contributed by atoms with Gasteiger partial charge in [0.25, 0.3) is 0 Å². The van der Waals surface area contributed by atoms with Gasteiger partial charge in [0.15, 0.2) is 5.75 Å². The van der Waals surface area contributed by atoms with Crippen molar-refractivity contribution in [3.05, 3.63) is 41.5 Å². The van der Waals surface area contributed by atoms with Crippen molar-refractivity contribution in [1.82, 2.24) is 20.2 Å². The molecule has 0 aromatic carbocycles. The third-order valence-corrected chi connectivity index (χ3v) is 3.03. The largest absolute Gasteiger partial charge is 0.493 e. The minimum Gasteiger partial charge on any atom is -0.493 e. The van der Waals surface area contributed by atoms with Gasteiger partial charge in [0.2, 0.25) is 0 Å². The Hall–Kier alpha value is -1.92. The number of ether oxygens (including phenoxy) is 1. The van der Waals surface area contributed by atoms with Crippen molar-refractivity contribution in [3.8, 4) is 5.75 Å². The maximum atomic E-state index is 5.72. The maximum absolute atomic E-state index is 5.72.